The zero-order chi connectivity index (χ0) is 10.7. The highest BCUT2D eigenvalue weighted by molar-refractivity contribution is 5.65. The molecule has 1 aliphatic rings. The van der Waals surface area contributed by atoms with Crippen LogP contribution in [0.25, 0.3) is 5.70 Å². The Bertz CT molecular complexity index is 370. The first-order valence-corrected chi connectivity index (χ1v) is 4.92. The monoisotopic (exact) mass is 207 g/mol. The van der Waals surface area contributed by atoms with E-state index in [4.69, 9.17) is 5.11 Å². The smallest absolute Gasteiger partial charge is 0.404 e. The number of amides is 1. The average Bonchev–Trinajstić information content (AvgIpc) is 2.69. The summed E-state index contributed by atoms with van der Waals surface area (Å²) < 4.78 is 1.93. The summed E-state index contributed by atoms with van der Waals surface area (Å²) in [5.74, 6) is 0. The van der Waals surface area contributed by atoms with Crippen LogP contribution >= 0.6 is 0 Å². The van der Waals surface area contributed by atoms with Gasteiger partial charge in [0.2, 0.25) is 0 Å². The number of carboxylic acid groups (broad SMARTS) is 1. The van der Waals surface area contributed by atoms with Crippen molar-refractivity contribution < 1.29 is 9.90 Å². The van der Waals surface area contributed by atoms with Gasteiger partial charge in [-0.25, -0.2) is 9.78 Å². The zero-order valence-corrected chi connectivity index (χ0v) is 8.26. The van der Waals surface area contributed by atoms with Crippen molar-refractivity contribution in [2.75, 3.05) is 0 Å². The molecule has 5 nitrogen and oxygen atoms in total. The van der Waals surface area contributed by atoms with Crippen molar-refractivity contribution in [3.05, 3.63) is 24.8 Å². The predicted molar refractivity (Wildman–Crippen MR) is 55.3 cm³/mol. The van der Waals surface area contributed by atoms with Crippen molar-refractivity contribution in [2.24, 2.45) is 0 Å². The molecule has 0 saturated carbocycles. The van der Waals surface area contributed by atoms with E-state index in [0.29, 0.717) is 0 Å². The van der Waals surface area contributed by atoms with Crippen molar-refractivity contribution in [1.82, 2.24) is 14.9 Å². The van der Waals surface area contributed by atoms with Gasteiger partial charge in [-0.15, -0.1) is 0 Å². The van der Waals surface area contributed by atoms with Crippen LogP contribution in [0.2, 0.25) is 0 Å². The van der Waals surface area contributed by atoms with Gasteiger partial charge in [0.1, 0.15) is 0 Å². The van der Waals surface area contributed by atoms with Crippen molar-refractivity contribution >= 4 is 11.8 Å². The van der Waals surface area contributed by atoms with E-state index in [-0.39, 0.29) is 6.04 Å². The molecule has 0 aromatic carbocycles. The number of hydrogen-bond donors (Lipinski definition) is 2. The lowest BCUT2D eigenvalue weighted by atomic mass is 9.99. The third kappa shape index (κ3) is 2.37. The van der Waals surface area contributed by atoms with Gasteiger partial charge in [-0.3, -0.25) is 0 Å². The minimum Gasteiger partial charge on any atom is -0.465 e. The molecule has 1 atom stereocenters. The zero-order valence-electron chi connectivity index (χ0n) is 8.26. The maximum Gasteiger partial charge on any atom is 0.404 e. The fourth-order valence-corrected chi connectivity index (χ4v) is 1.83. The van der Waals surface area contributed by atoms with E-state index in [9.17, 15) is 4.79 Å². The number of hydrogen-bond acceptors (Lipinski definition) is 2. The third-order valence-corrected chi connectivity index (χ3v) is 2.51. The molecule has 1 aromatic heterocycles. The molecule has 0 aliphatic heterocycles. The SMILES string of the molecule is O=C(O)NC1CCC=C(n2ccnc2)C1. The first kappa shape index (κ1) is 9.76. The summed E-state index contributed by atoms with van der Waals surface area (Å²) in [6.45, 7) is 0. The maximum atomic E-state index is 10.5. The number of rotatable bonds is 2. The molecule has 0 fully saturated rings. The molecule has 5 heteroatoms. The standard InChI is InChI=1S/C10H13N3O2/c14-10(15)12-8-2-1-3-9(6-8)13-5-4-11-7-13/h3-5,7-8,12H,1-2,6H2,(H,14,15). The van der Waals surface area contributed by atoms with E-state index >= 15 is 0 Å². The van der Waals surface area contributed by atoms with Crippen LogP contribution in [0.4, 0.5) is 4.79 Å². The third-order valence-electron chi connectivity index (χ3n) is 2.51. The normalized spacial score (nSPS) is 20.8. The van der Waals surface area contributed by atoms with Crippen molar-refractivity contribution in [3.8, 4) is 0 Å². The Morgan fingerprint density at radius 2 is 2.53 bits per heavy atom. The lowest BCUT2D eigenvalue weighted by molar-refractivity contribution is 0.189. The molecule has 2 N–H and O–H groups in total. The number of imidazole rings is 1. The fraction of sp³-hybridized carbons (Fsp3) is 0.400. The summed E-state index contributed by atoms with van der Waals surface area (Å²) >= 11 is 0. The van der Waals surface area contributed by atoms with Crippen LogP contribution in [-0.4, -0.2) is 26.8 Å². The minimum atomic E-state index is -0.952. The summed E-state index contributed by atoms with van der Waals surface area (Å²) in [5, 5.41) is 11.1. The van der Waals surface area contributed by atoms with E-state index in [1.807, 2.05) is 10.8 Å². The first-order chi connectivity index (χ1) is 7.25. The van der Waals surface area contributed by atoms with E-state index in [2.05, 4.69) is 16.4 Å². The molecule has 15 heavy (non-hydrogen) atoms. The van der Waals surface area contributed by atoms with E-state index in [1.165, 1.54) is 0 Å². The van der Waals surface area contributed by atoms with Crippen molar-refractivity contribution in [2.45, 2.75) is 25.3 Å². The number of aromatic nitrogens is 2. The molecule has 1 heterocycles. The van der Waals surface area contributed by atoms with Gasteiger partial charge < -0.3 is 15.0 Å². The highest BCUT2D eigenvalue weighted by Crippen LogP contribution is 2.21. The van der Waals surface area contributed by atoms with Crippen molar-refractivity contribution in [1.29, 1.82) is 0 Å². The summed E-state index contributed by atoms with van der Waals surface area (Å²) in [4.78, 5) is 14.5. The van der Waals surface area contributed by atoms with Crippen LogP contribution in [-0.2, 0) is 0 Å². The predicted octanol–water partition coefficient (Wildman–Crippen LogP) is 1.54. The maximum absolute atomic E-state index is 10.5. The van der Waals surface area contributed by atoms with Gasteiger partial charge in [0.05, 0.1) is 6.33 Å². The molecule has 1 unspecified atom stereocenters. The summed E-state index contributed by atoms with van der Waals surface area (Å²) in [6, 6.07) is 0.0184. The molecule has 2 rings (SSSR count). The van der Waals surface area contributed by atoms with Crippen LogP contribution in [0, 0.1) is 0 Å². The van der Waals surface area contributed by atoms with E-state index < -0.39 is 6.09 Å². The summed E-state index contributed by atoms with van der Waals surface area (Å²) in [7, 11) is 0. The van der Waals surface area contributed by atoms with Gasteiger partial charge >= 0.3 is 6.09 Å². The highest BCUT2D eigenvalue weighted by atomic mass is 16.4. The number of nitrogens with one attached hydrogen (secondary N) is 1. The number of carbonyl (C=O) groups is 1. The van der Waals surface area contributed by atoms with Gasteiger partial charge in [-0.2, -0.15) is 0 Å². The average molecular weight is 207 g/mol. The van der Waals surface area contributed by atoms with Gasteiger partial charge in [0, 0.05) is 30.6 Å². The van der Waals surface area contributed by atoms with Crippen molar-refractivity contribution in [3.63, 3.8) is 0 Å². The molecule has 1 aromatic rings. The molecular formula is C10H13N3O2. The molecule has 0 radical (unpaired) electrons. The molecular weight excluding hydrogens is 194 g/mol. The number of nitrogens with zero attached hydrogens (tertiary/aromatic N) is 2. The molecule has 0 saturated heterocycles. The molecule has 1 aliphatic carbocycles. The largest absolute Gasteiger partial charge is 0.465 e. The van der Waals surface area contributed by atoms with Crippen LogP contribution in [0.15, 0.2) is 24.8 Å². The second-order valence-electron chi connectivity index (χ2n) is 3.59. The van der Waals surface area contributed by atoms with Gasteiger partial charge in [-0.05, 0) is 12.8 Å². The second-order valence-corrected chi connectivity index (χ2v) is 3.59. The van der Waals surface area contributed by atoms with Gasteiger partial charge in [0.25, 0.3) is 0 Å². The first-order valence-electron chi connectivity index (χ1n) is 4.92. The Kier molecular flexibility index (Phi) is 2.71. The van der Waals surface area contributed by atoms with Crippen LogP contribution < -0.4 is 5.32 Å². The lowest BCUT2D eigenvalue weighted by Crippen LogP contribution is -2.35. The highest BCUT2D eigenvalue weighted by Gasteiger charge is 2.17. The Morgan fingerprint density at radius 1 is 1.67 bits per heavy atom. The van der Waals surface area contributed by atoms with E-state index in [0.717, 1.165) is 25.0 Å². The minimum absolute atomic E-state index is 0.0184. The topological polar surface area (TPSA) is 67.2 Å². The summed E-state index contributed by atoms with van der Waals surface area (Å²) in [6.07, 6.45) is 8.98. The van der Waals surface area contributed by atoms with Crippen LogP contribution in [0.5, 0.6) is 0 Å². The molecule has 0 spiro atoms. The second kappa shape index (κ2) is 4.16. The quantitative estimate of drug-likeness (QED) is 0.773. The Hall–Kier alpha value is -1.78. The van der Waals surface area contributed by atoms with Crippen LogP contribution in [0.1, 0.15) is 19.3 Å². The Balaban J connectivity index is 2.03. The Labute approximate surface area is 87.4 Å². The number of allylic oxidation sites excluding steroid dienone is 1. The molecule has 80 valence electrons. The van der Waals surface area contributed by atoms with E-state index in [1.54, 1.807) is 12.5 Å². The van der Waals surface area contributed by atoms with Gasteiger partial charge in [0.15, 0.2) is 0 Å². The lowest BCUT2D eigenvalue weighted by Gasteiger charge is -2.22. The van der Waals surface area contributed by atoms with Crippen LogP contribution in [0.3, 0.4) is 0 Å². The fourth-order valence-electron chi connectivity index (χ4n) is 1.83. The molecule has 0 bridgehead atoms. The Morgan fingerprint density at radius 3 is 3.20 bits per heavy atom. The van der Waals surface area contributed by atoms with Gasteiger partial charge in [-0.1, -0.05) is 6.08 Å². The summed E-state index contributed by atoms with van der Waals surface area (Å²) in [5.41, 5.74) is 1.11. The molecule has 1 amide bonds.